The number of hydrogen-bond donors (Lipinski definition) is 0. The Morgan fingerprint density at radius 3 is 2.44 bits per heavy atom. The molecule has 0 saturated carbocycles. The third kappa shape index (κ3) is 1.59. The van der Waals surface area contributed by atoms with Crippen molar-refractivity contribution in [3.05, 3.63) is 29.8 Å². The van der Waals surface area contributed by atoms with E-state index < -0.39 is 5.60 Å². The van der Waals surface area contributed by atoms with Crippen LogP contribution in [-0.2, 0) is 9.53 Å². The second kappa shape index (κ2) is 3.56. The lowest BCUT2D eigenvalue weighted by molar-refractivity contribution is -0.127. The number of ether oxygens (including phenoxy) is 1. The number of para-hydroxylation sites is 1. The number of thiocarbonyl (C=S) groups is 1. The first kappa shape index (κ1) is 11.1. The molecule has 1 aromatic rings. The van der Waals surface area contributed by atoms with E-state index in [1.54, 1.807) is 13.8 Å². The minimum atomic E-state index is -0.862. The first-order valence-corrected chi connectivity index (χ1v) is 5.47. The Bertz CT molecular complexity index is 468. The van der Waals surface area contributed by atoms with Gasteiger partial charge in [0.25, 0.3) is 11.1 Å². The van der Waals surface area contributed by atoms with Crippen molar-refractivity contribution in [2.24, 2.45) is 0 Å². The second-order valence-corrected chi connectivity index (χ2v) is 4.65. The van der Waals surface area contributed by atoms with Crippen molar-refractivity contribution in [1.82, 2.24) is 0 Å². The highest BCUT2D eigenvalue weighted by molar-refractivity contribution is 7.80. The van der Waals surface area contributed by atoms with Crippen molar-refractivity contribution in [1.29, 1.82) is 0 Å². The van der Waals surface area contributed by atoms with Gasteiger partial charge >= 0.3 is 0 Å². The zero-order valence-corrected chi connectivity index (χ0v) is 10.3. The molecular formula is C12H13NO2S. The summed E-state index contributed by atoms with van der Waals surface area (Å²) in [6.07, 6.45) is 0. The predicted molar refractivity (Wildman–Crippen MR) is 66.4 cm³/mol. The molecule has 1 amide bonds. The van der Waals surface area contributed by atoms with Gasteiger partial charge in [-0.3, -0.25) is 4.79 Å². The summed E-state index contributed by atoms with van der Waals surface area (Å²) >= 11 is 5.09. The Labute approximate surface area is 100 Å². The Kier molecular flexibility index (Phi) is 2.46. The number of benzene rings is 1. The van der Waals surface area contributed by atoms with E-state index in [2.05, 4.69) is 0 Å². The number of hydrogen-bond acceptors (Lipinski definition) is 3. The first-order valence-electron chi connectivity index (χ1n) is 5.06. The summed E-state index contributed by atoms with van der Waals surface area (Å²) in [7, 11) is 0. The van der Waals surface area contributed by atoms with Gasteiger partial charge in [-0.2, -0.15) is 0 Å². The summed E-state index contributed by atoms with van der Waals surface area (Å²) in [4.78, 5) is 13.6. The topological polar surface area (TPSA) is 29.5 Å². The van der Waals surface area contributed by atoms with Crippen LogP contribution < -0.4 is 4.90 Å². The maximum Gasteiger partial charge on any atom is 0.278 e. The van der Waals surface area contributed by atoms with Crippen LogP contribution in [0.2, 0.25) is 0 Å². The first-order chi connectivity index (χ1) is 7.43. The summed E-state index contributed by atoms with van der Waals surface area (Å²) in [6, 6.07) is 7.61. The number of anilines is 1. The van der Waals surface area contributed by atoms with Crippen molar-refractivity contribution in [3.8, 4) is 0 Å². The van der Waals surface area contributed by atoms with Crippen molar-refractivity contribution in [2.45, 2.75) is 26.4 Å². The van der Waals surface area contributed by atoms with Crippen molar-refractivity contribution in [3.63, 3.8) is 0 Å². The molecule has 1 aliphatic heterocycles. The van der Waals surface area contributed by atoms with Gasteiger partial charge in [-0.15, -0.1) is 0 Å². The van der Waals surface area contributed by atoms with Gasteiger partial charge in [-0.05, 0) is 44.6 Å². The Morgan fingerprint density at radius 1 is 1.31 bits per heavy atom. The molecule has 0 bridgehead atoms. The Balaban J connectivity index is 2.47. The predicted octanol–water partition coefficient (Wildman–Crippen LogP) is 2.42. The second-order valence-electron chi connectivity index (χ2n) is 4.31. The highest BCUT2D eigenvalue weighted by Crippen LogP contribution is 2.30. The van der Waals surface area contributed by atoms with Crippen LogP contribution in [0.4, 0.5) is 5.69 Å². The van der Waals surface area contributed by atoms with E-state index in [1.165, 1.54) is 4.90 Å². The standard InChI is InChI=1S/C12H13NO2S/c1-8-6-4-5-7-9(8)13-10(14)12(2,3)15-11(13)16/h4-7H,1-3H3. The molecule has 1 heterocycles. The van der Waals surface area contributed by atoms with Crippen molar-refractivity contribution < 1.29 is 9.53 Å². The van der Waals surface area contributed by atoms with Gasteiger partial charge in [-0.1, -0.05) is 18.2 Å². The average molecular weight is 235 g/mol. The molecule has 0 aliphatic carbocycles. The minimum absolute atomic E-state index is 0.119. The van der Waals surface area contributed by atoms with Gasteiger partial charge in [0.15, 0.2) is 5.60 Å². The van der Waals surface area contributed by atoms with E-state index in [1.807, 2.05) is 31.2 Å². The molecule has 2 rings (SSSR count). The molecule has 16 heavy (non-hydrogen) atoms. The summed E-state index contributed by atoms with van der Waals surface area (Å²) in [5.74, 6) is -0.119. The van der Waals surface area contributed by atoms with Crippen LogP contribution in [0.25, 0.3) is 0 Å². The zero-order valence-electron chi connectivity index (χ0n) is 9.48. The van der Waals surface area contributed by atoms with Crippen LogP contribution in [0, 0.1) is 6.92 Å². The lowest BCUT2D eigenvalue weighted by Gasteiger charge is -2.16. The van der Waals surface area contributed by atoms with Gasteiger partial charge in [0.1, 0.15) is 0 Å². The normalized spacial score (nSPS) is 18.8. The van der Waals surface area contributed by atoms with E-state index in [0.29, 0.717) is 0 Å². The smallest absolute Gasteiger partial charge is 0.278 e. The van der Waals surface area contributed by atoms with Crippen LogP contribution in [0.3, 0.4) is 0 Å². The van der Waals surface area contributed by atoms with E-state index in [-0.39, 0.29) is 11.1 Å². The summed E-state index contributed by atoms with van der Waals surface area (Å²) in [6.45, 7) is 5.39. The van der Waals surface area contributed by atoms with Crippen LogP contribution in [0.5, 0.6) is 0 Å². The van der Waals surface area contributed by atoms with Crippen molar-refractivity contribution in [2.75, 3.05) is 4.90 Å². The number of amides is 1. The van der Waals surface area contributed by atoms with Crippen molar-refractivity contribution >= 4 is 29.0 Å². The average Bonchev–Trinajstić information content (AvgIpc) is 2.39. The molecule has 4 heteroatoms. The zero-order chi connectivity index (χ0) is 11.9. The van der Waals surface area contributed by atoms with Gasteiger partial charge in [0, 0.05) is 0 Å². The molecule has 0 atom stereocenters. The SMILES string of the molecule is Cc1ccccc1N1C(=O)C(C)(C)OC1=S. The van der Waals surface area contributed by atoms with E-state index >= 15 is 0 Å². The number of rotatable bonds is 1. The molecule has 0 unspecified atom stereocenters. The third-order valence-corrected chi connectivity index (χ3v) is 2.87. The largest absolute Gasteiger partial charge is 0.454 e. The van der Waals surface area contributed by atoms with Crippen LogP contribution >= 0.6 is 12.2 Å². The number of aryl methyl sites for hydroxylation is 1. The molecule has 0 aromatic heterocycles. The molecule has 1 fully saturated rings. The number of carbonyl (C=O) groups is 1. The molecule has 1 aliphatic rings. The quantitative estimate of drug-likeness (QED) is 0.700. The summed E-state index contributed by atoms with van der Waals surface area (Å²) in [5.41, 5.74) is 0.932. The Hall–Kier alpha value is -1.42. The monoisotopic (exact) mass is 235 g/mol. The number of nitrogens with zero attached hydrogens (tertiary/aromatic N) is 1. The van der Waals surface area contributed by atoms with Crippen LogP contribution in [-0.4, -0.2) is 16.7 Å². The lowest BCUT2D eigenvalue weighted by Crippen LogP contribution is -2.36. The molecule has 3 nitrogen and oxygen atoms in total. The van der Waals surface area contributed by atoms with Gasteiger partial charge in [0.2, 0.25) is 0 Å². The molecule has 1 aromatic carbocycles. The molecule has 0 spiro atoms. The Morgan fingerprint density at radius 2 is 1.94 bits per heavy atom. The summed E-state index contributed by atoms with van der Waals surface area (Å²) in [5, 5.41) is 0.226. The van der Waals surface area contributed by atoms with E-state index in [9.17, 15) is 4.79 Å². The maximum absolute atomic E-state index is 12.1. The van der Waals surface area contributed by atoms with Gasteiger partial charge < -0.3 is 4.74 Å². The highest BCUT2D eigenvalue weighted by atomic mass is 32.1. The van der Waals surface area contributed by atoms with Gasteiger partial charge in [-0.25, -0.2) is 4.90 Å². The molecule has 1 saturated heterocycles. The lowest BCUT2D eigenvalue weighted by atomic mass is 10.1. The molecule has 0 radical (unpaired) electrons. The third-order valence-electron chi connectivity index (χ3n) is 2.60. The molecule has 84 valence electrons. The van der Waals surface area contributed by atoms with E-state index in [4.69, 9.17) is 17.0 Å². The van der Waals surface area contributed by atoms with E-state index in [0.717, 1.165) is 11.3 Å². The highest BCUT2D eigenvalue weighted by Gasteiger charge is 2.45. The molecular weight excluding hydrogens is 222 g/mol. The fourth-order valence-corrected chi connectivity index (χ4v) is 2.07. The fraction of sp³-hybridized carbons (Fsp3) is 0.333. The summed E-state index contributed by atoms with van der Waals surface area (Å²) < 4.78 is 5.39. The minimum Gasteiger partial charge on any atom is -0.454 e. The van der Waals surface area contributed by atoms with Crippen LogP contribution in [0.15, 0.2) is 24.3 Å². The fourth-order valence-electron chi connectivity index (χ4n) is 1.68. The van der Waals surface area contributed by atoms with Crippen LogP contribution in [0.1, 0.15) is 19.4 Å². The maximum atomic E-state index is 12.1. The number of carbonyl (C=O) groups excluding carboxylic acids is 1. The van der Waals surface area contributed by atoms with Gasteiger partial charge in [0.05, 0.1) is 5.69 Å². The molecule has 0 N–H and O–H groups in total.